The predicted octanol–water partition coefficient (Wildman–Crippen LogP) is 1.71. The maximum atomic E-state index is 11.4. The fourth-order valence-corrected chi connectivity index (χ4v) is 1.91. The molecule has 0 saturated carbocycles. The Morgan fingerprint density at radius 3 is 2.85 bits per heavy atom. The predicted molar refractivity (Wildman–Crippen MR) is 69.8 cm³/mol. The van der Waals surface area contributed by atoms with E-state index in [2.05, 4.69) is 4.74 Å². The van der Waals surface area contributed by atoms with Gasteiger partial charge in [0.05, 0.1) is 13.7 Å². The van der Waals surface area contributed by atoms with Gasteiger partial charge in [-0.25, -0.2) is 4.79 Å². The lowest BCUT2D eigenvalue weighted by Gasteiger charge is -2.17. The van der Waals surface area contributed by atoms with Crippen molar-refractivity contribution in [3.05, 3.63) is 23.8 Å². The largest absolute Gasteiger partial charge is 0.507 e. The van der Waals surface area contributed by atoms with E-state index in [4.69, 9.17) is 14.2 Å². The molecule has 1 atom stereocenters. The highest BCUT2D eigenvalue weighted by Crippen LogP contribution is 2.26. The first-order valence-corrected chi connectivity index (χ1v) is 6.27. The molecule has 1 saturated heterocycles. The summed E-state index contributed by atoms with van der Waals surface area (Å²) in [5.74, 6) is -0.906. The summed E-state index contributed by atoms with van der Waals surface area (Å²) in [4.78, 5) is 11.4. The van der Waals surface area contributed by atoms with Crippen molar-refractivity contribution in [1.29, 1.82) is 0 Å². The van der Waals surface area contributed by atoms with Crippen molar-refractivity contribution in [2.45, 2.75) is 25.7 Å². The van der Waals surface area contributed by atoms with Crippen molar-refractivity contribution >= 4 is 5.97 Å². The van der Waals surface area contributed by atoms with Gasteiger partial charge in [-0.05, 0) is 32.0 Å². The van der Waals surface area contributed by atoms with Crippen molar-refractivity contribution in [1.82, 2.24) is 0 Å². The lowest BCUT2D eigenvalue weighted by atomic mass is 10.2. The smallest absolute Gasteiger partial charge is 0.341 e. The minimum absolute atomic E-state index is 0.0638. The maximum absolute atomic E-state index is 11.4. The van der Waals surface area contributed by atoms with Gasteiger partial charge in [0.25, 0.3) is 0 Å². The van der Waals surface area contributed by atoms with Crippen LogP contribution in [0.15, 0.2) is 18.2 Å². The maximum Gasteiger partial charge on any atom is 0.341 e. The van der Waals surface area contributed by atoms with Crippen molar-refractivity contribution in [2.24, 2.45) is 0 Å². The van der Waals surface area contributed by atoms with Crippen LogP contribution in [0.5, 0.6) is 11.5 Å². The van der Waals surface area contributed by atoms with E-state index < -0.39 is 11.8 Å². The molecule has 110 valence electrons. The number of carbonyl (C=O) groups excluding carboxylic acids is 1. The topological polar surface area (TPSA) is 74.2 Å². The number of methoxy groups -OCH3 is 1. The van der Waals surface area contributed by atoms with Crippen LogP contribution >= 0.6 is 0 Å². The van der Waals surface area contributed by atoms with Crippen LogP contribution in [0.3, 0.4) is 0 Å². The third-order valence-corrected chi connectivity index (χ3v) is 2.88. The Bertz CT molecular complexity index is 496. The summed E-state index contributed by atoms with van der Waals surface area (Å²) >= 11 is 0. The first-order valence-electron chi connectivity index (χ1n) is 6.27. The van der Waals surface area contributed by atoms with Gasteiger partial charge in [0.2, 0.25) is 0 Å². The van der Waals surface area contributed by atoms with Crippen molar-refractivity contribution in [3.8, 4) is 11.5 Å². The van der Waals surface area contributed by atoms with Crippen molar-refractivity contribution < 1.29 is 28.8 Å². The van der Waals surface area contributed by atoms with Crippen LogP contribution < -0.4 is 4.74 Å². The van der Waals surface area contributed by atoms with Crippen molar-refractivity contribution in [3.63, 3.8) is 0 Å². The molecule has 1 aliphatic heterocycles. The summed E-state index contributed by atoms with van der Waals surface area (Å²) in [7, 11) is 1.25. The molecule has 6 nitrogen and oxygen atoms in total. The number of rotatable bonds is 4. The van der Waals surface area contributed by atoms with E-state index in [-0.39, 0.29) is 17.4 Å². The number of aromatic hydroxyl groups is 1. The highest BCUT2D eigenvalue weighted by Gasteiger charge is 2.33. The number of benzene rings is 1. The third kappa shape index (κ3) is 3.40. The molecule has 0 aliphatic carbocycles. The Kier molecular flexibility index (Phi) is 4.15. The molecule has 1 unspecified atom stereocenters. The summed E-state index contributed by atoms with van der Waals surface area (Å²) in [5.41, 5.74) is 0.0638. The van der Waals surface area contributed by atoms with E-state index in [1.165, 1.54) is 19.2 Å². The molecule has 6 heteroatoms. The zero-order valence-corrected chi connectivity index (χ0v) is 11.7. The second-order valence-electron chi connectivity index (χ2n) is 4.93. The molecular weight excluding hydrogens is 264 g/mol. The number of hydrogen-bond donors (Lipinski definition) is 1. The third-order valence-electron chi connectivity index (χ3n) is 2.88. The lowest BCUT2D eigenvalue weighted by molar-refractivity contribution is -0.141. The van der Waals surface area contributed by atoms with Gasteiger partial charge in [0.1, 0.15) is 29.8 Å². The van der Waals surface area contributed by atoms with E-state index >= 15 is 0 Å². The molecule has 0 bridgehead atoms. The number of carbonyl (C=O) groups is 1. The van der Waals surface area contributed by atoms with Crippen LogP contribution in [-0.4, -0.2) is 43.3 Å². The van der Waals surface area contributed by atoms with Crippen LogP contribution in [-0.2, 0) is 14.2 Å². The molecule has 2 rings (SSSR count). The summed E-state index contributed by atoms with van der Waals surface area (Å²) < 4.78 is 21.2. The molecule has 0 radical (unpaired) electrons. The zero-order chi connectivity index (χ0) is 14.8. The minimum atomic E-state index is -0.616. The molecule has 20 heavy (non-hydrogen) atoms. The van der Waals surface area contributed by atoms with Gasteiger partial charge in [0, 0.05) is 0 Å². The Balaban J connectivity index is 1.98. The summed E-state index contributed by atoms with van der Waals surface area (Å²) in [5, 5.41) is 9.58. The fourth-order valence-electron chi connectivity index (χ4n) is 1.91. The lowest BCUT2D eigenvalue weighted by Crippen LogP contribution is -2.25. The van der Waals surface area contributed by atoms with E-state index in [0.29, 0.717) is 19.0 Å². The van der Waals surface area contributed by atoms with E-state index in [1.54, 1.807) is 6.07 Å². The van der Waals surface area contributed by atoms with E-state index in [9.17, 15) is 9.90 Å². The SMILES string of the molecule is COC(=O)c1cc(OCC2COC(C)(C)O2)ccc1O. The van der Waals surface area contributed by atoms with Gasteiger partial charge in [-0.3, -0.25) is 0 Å². The van der Waals surface area contributed by atoms with Crippen LogP contribution in [0.1, 0.15) is 24.2 Å². The van der Waals surface area contributed by atoms with Gasteiger partial charge in [-0.2, -0.15) is 0 Å². The van der Waals surface area contributed by atoms with Crippen LogP contribution in [0, 0.1) is 0 Å². The van der Waals surface area contributed by atoms with Gasteiger partial charge in [0.15, 0.2) is 5.79 Å². The normalized spacial score (nSPS) is 20.6. The average molecular weight is 282 g/mol. The first kappa shape index (κ1) is 14.6. The second-order valence-corrected chi connectivity index (χ2v) is 4.93. The minimum Gasteiger partial charge on any atom is -0.507 e. The fraction of sp³-hybridized carbons (Fsp3) is 0.500. The molecule has 1 aromatic carbocycles. The summed E-state index contributed by atoms with van der Waals surface area (Å²) in [6, 6.07) is 4.39. The molecule has 1 fully saturated rings. The monoisotopic (exact) mass is 282 g/mol. The average Bonchev–Trinajstić information content (AvgIpc) is 2.76. The molecule has 1 heterocycles. The van der Waals surface area contributed by atoms with E-state index in [1.807, 2.05) is 13.8 Å². The zero-order valence-electron chi connectivity index (χ0n) is 11.7. The second kappa shape index (κ2) is 5.68. The molecule has 1 aliphatic rings. The number of esters is 1. The Morgan fingerprint density at radius 2 is 2.25 bits per heavy atom. The molecule has 1 N–H and O–H groups in total. The Labute approximate surface area is 117 Å². The number of phenolic OH excluding ortho intramolecular Hbond substituents is 1. The van der Waals surface area contributed by atoms with Crippen LogP contribution in [0.25, 0.3) is 0 Å². The van der Waals surface area contributed by atoms with Gasteiger partial charge in [-0.1, -0.05) is 0 Å². The van der Waals surface area contributed by atoms with Crippen LogP contribution in [0.2, 0.25) is 0 Å². The number of hydrogen-bond acceptors (Lipinski definition) is 6. The Hall–Kier alpha value is -1.79. The molecule has 0 amide bonds. The van der Waals surface area contributed by atoms with Gasteiger partial charge in [-0.15, -0.1) is 0 Å². The Morgan fingerprint density at radius 1 is 1.50 bits per heavy atom. The summed E-state index contributed by atoms with van der Waals surface area (Å²) in [6.45, 7) is 4.43. The molecule has 0 aromatic heterocycles. The van der Waals surface area contributed by atoms with Crippen molar-refractivity contribution in [2.75, 3.05) is 20.3 Å². The molecule has 0 spiro atoms. The quantitative estimate of drug-likeness (QED) is 0.847. The number of ether oxygens (including phenoxy) is 4. The van der Waals surface area contributed by atoms with Gasteiger partial charge < -0.3 is 24.1 Å². The number of phenols is 1. The van der Waals surface area contributed by atoms with E-state index in [0.717, 1.165) is 0 Å². The first-order chi connectivity index (χ1) is 9.41. The molecule has 1 aromatic rings. The summed E-state index contributed by atoms with van der Waals surface area (Å²) in [6.07, 6.45) is -0.166. The highest BCUT2D eigenvalue weighted by atomic mass is 16.7. The highest BCUT2D eigenvalue weighted by molar-refractivity contribution is 5.92. The van der Waals surface area contributed by atoms with Crippen LogP contribution in [0.4, 0.5) is 0 Å². The van der Waals surface area contributed by atoms with Gasteiger partial charge >= 0.3 is 5.97 Å². The standard InChI is InChI=1S/C14H18O6/c1-14(2)19-8-10(20-14)7-18-9-4-5-12(15)11(6-9)13(16)17-3/h4-6,10,15H,7-8H2,1-3H3. The molecular formula is C14H18O6.